The summed E-state index contributed by atoms with van der Waals surface area (Å²) in [6.07, 6.45) is 5.03. The summed E-state index contributed by atoms with van der Waals surface area (Å²) in [5, 5.41) is 19.6. The highest BCUT2D eigenvalue weighted by atomic mass is 79.9. The number of aromatic nitrogens is 4. The molecule has 128 valence electrons. The highest BCUT2D eigenvalue weighted by Crippen LogP contribution is 2.13. The number of hydrogen-bond acceptors (Lipinski definition) is 4. The van der Waals surface area contributed by atoms with Gasteiger partial charge in [-0.3, -0.25) is 14.2 Å². The molecule has 0 radical (unpaired) electrons. The maximum absolute atomic E-state index is 12.1. The van der Waals surface area contributed by atoms with Crippen LogP contribution in [-0.2, 0) is 17.9 Å². The first-order valence-corrected chi connectivity index (χ1v) is 8.12. The minimum Gasteiger partial charge on any atom is -0.476 e. The van der Waals surface area contributed by atoms with Crippen LogP contribution in [0, 0.1) is 0 Å². The highest BCUT2D eigenvalue weighted by molar-refractivity contribution is 9.10. The van der Waals surface area contributed by atoms with Crippen molar-refractivity contribution in [3.05, 3.63) is 64.7 Å². The van der Waals surface area contributed by atoms with E-state index in [1.165, 1.54) is 16.9 Å². The molecule has 8 nitrogen and oxygen atoms in total. The molecule has 25 heavy (non-hydrogen) atoms. The number of rotatable bonds is 6. The molecule has 1 amide bonds. The third kappa shape index (κ3) is 4.54. The summed E-state index contributed by atoms with van der Waals surface area (Å²) < 4.78 is 3.96. The van der Waals surface area contributed by atoms with Crippen LogP contribution in [-0.4, -0.2) is 36.5 Å². The molecular formula is C16H14BrN5O3. The molecule has 0 bridgehead atoms. The van der Waals surface area contributed by atoms with E-state index in [-0.39, 0.29) is 18.1 Å². The van der Waals surface area contributed by atoms with Crippen molar-refractivity contribution in [1.82, 2.24) is 19.6 Å². The van der Waals surface area contributed by atoms with Crippen molar-refractivity contribution in [2.45, 2.75) is 13.1 Å². The first-order chi connectivity index (χ1) is 12.0. The molecule has 2 N–H and O–H groups in total. The third-order valence-electron chi connectivity index (χ3n) is 3.32. The van der Waals surface area contributed by atoms with Gasteiger partial charge in [0.2, 0.25) is 5.91 Å². The van der Waals surface area contributed by atoms with Crippen molar-refractivity contribution in [2.75, 3.05) is 5.32 Å². The molecule has 0 saturated carbocycles. The Hall–Kier alpha value is -2.94. The fraction of sp³-hybridized carbons (Fsp3) is 0.125. The molecule has 0 spiro atoms. The summed E-state index contributed by atoms with van der Waals surface area (Å²) in [5.74, 6) is -1.42. The quantitative estimate of drug-likeness (QED) is 0.656. The standard InChI is InChI=1S/C16H14BrN5O3/c17-12-7-18-22(9-12)8-11-2-1-3-13(6-11)19-15(23)10-21-5-4-14(20-21)16(24)25/h1-7,9H,8,10H2,(H,19,23)(H,24,25). The Bertz CT molecular complexity index is 918. The lowest BCUT2D eigenvalue weighted by Gasteiger charge is -2.08. The number of aromatic carboxylic acids is 1. The molecule has 0 unspecified atom stereocenters. The lowest BCUT2D eigenvalue weighted by atomic mass is 10.2. The van der Waals surface area contributed by atoms with Crippen molar-refractivity contribution in [2.24, 2.45) is 0 Å². The zero-order chi connectivity index (χ0) is 17.8. The molecule has 9 heteroatoms. The van der Waals surface area contributed by atoms with E-state index in [1.807, 2.05) is 24.4 Å². The molecular weight excluding hydrogens is 390 g/mol. The number of hydrogen-bond donors (Lipinski definition) is 2. The maximum atomic E-state index is 12.1. The van der Waals surface area contributed by atoms with Gasteiger partial charge in [0.1, 0.15) is 6.54 Å². The average molecular weight is 404 g/mol. The van der Waals surface area contributed by atoms with Gasteiger partial charge in [0.15, 0.2) is 5.69 Å². The van der Waals surface area contributed by atoms with E-state index in [2.05, 4.69) is 31.4 Å². The second kappa shape index (κ2) is 7.31. The van der Waals surface area contributed by atoms with Gasteiger partial charge in [-0.1, -0.05) is 12.1 Å². The van der Waals surface area contributed by atoms with Crippen LogP contribution < -0.4 is 5.32 Å². The van der Waals surface area contributed by atoms with Crippen molar-refractivity contribution in [1.29, 1.82) is 0 Å². The average Bonchev–Trinajstić information content (AvgIpc) is 3.17. The van der Waals surface area contributed by atoms with Crippen LogP contribution in [0.25, 0.3) is 0 Å². The SMILES string of the molecule is O=C(Cn1ccc(C(=O)O)n1)Nc1cccc(Cn2cc(Br)cn2)c1. The topological polar surface area (TPSA) is 102 Å². The van der Waals surface area contributed by atoms with Crippen LogP contribution in [0.15, 0.2) is 53.4 Å². The second-order valence-electron chi connectivity index (χ2n) is 5.31. The fourth-order valence-corrected chi connectivity index (χ4v) is 2.60. The summed E-state index contributed by atoms with van der Waals surface area (Å²) in [4.78, 5) is 22.9. The van der Waals surface area contributed by atoms with Crippen LogP contribution in [0.3, 0.4) is 0 Å². The number of carboxylic acids is 1. The van der Waals surface area contributed by atoms with Crippen LogP contribution in [0.4, 0.5) is 5.69 Å². The molecule has 2 aromatic heterocycles. The zero-order valence-corrected chi connectivity index (χ0v) is 14.5. The van der Waals surface area contributed by atoms with E-state index in [4.69, 9.17) is 5.11 Å². The van der Waals surface area contributed by atoms with E-state index in [0.717, 1.165) is 10.0 Å². The molecule has 3 aromatic rings. The minimum absolute atomic E-state index is 0.0659. The van der Waals surface area contributed by atoms with Gasteiger partial charge in [0.05, 0.1) is 17.2 Å². The van der Waals surface area contributed by atoms with Crippen molar-refractivity contribution in [3.63, 3.8) is 0 Å². The molecule has 3 rings (SSSR count). The van der Waals surface area contributed by atoms with Crippen molar-refractivity contribution in [3.8, 4) is 0 Å². The predicted molar refractivity (Wildman–Crippen MR) is 93.3 cm³/mol. The number of carbonyl (C=O) groups is 2. The van der Waals surface area contributed by atoms with Gasteiger partial charge in [-0.15, -0.1) is 0 Å². The van der Waals surface area contributed by atoms with Gasteiger partial charge in [-0.25, -0.2) is 4.79 Å². The van der Waals surface area contributed by atoms with Gasteiger partial charge < -0.3 is 10.4 Å². The van der Waals surface area contributed by atoms with Crippen LogP contribution in [0.1, 0.15) is 16.1 Å². The lowest BCUT2D eigenvalue weighted by molar-refractivity contribution is -0.116. The van der Waals surface area contributed by atoms with Gasteiger partial charge >= 0.3 is 5.97 Å². The molecule has 0 atom stereocenters. The molecule has 0 saturated heterocycles. The number of benzene rings is 1. The predicted octanol–water partition coefficient (Wildman–Crippen LogP) is 2.23. The third-order valence-corrected chi connectivity index (χ3v) is 3.73. The van der Waals surface area contributed by atoms with Crippen LogP contribution >= 0.6 is 15.9 Å². The molecule has 1 aromatic carbocycles. The van der Waals surface area contributed by atoms with Gasteiger partial charge in [0.25, 0.3) is 0 Å². The van der Waals surface area contributed by atoms with Crippen LogP contribution in [0.2, 0.25) is 0 Å². The molecule has 0 aliphatic carbocycles. The van der Waals surface area contributed by atoms with Crippen molar-refractivity contribution < 1.29 is 14.7 Å². The van der Waals surface area contributed by atoms with E-state index in [1.54, 1.807) is 16.9 Å². The Balaban J connectivity index is 1.62. The summed E-state index contributed by atoms with van der Waals surface area (Å²) in [7, 11) is 0. The molecule has 0 aliphatic rings. The molecule has 0 aliphatic heterocycles. The van der Waals surface area contributed by atoms with E-state index in [0.29, 0.717) is 12.2 Å². The minimum atomic E-state index is -1.13. The van der Waals surface area contributed by atoms with Gasteiger partial charge in [0, 0.05) is 18.1 Å². The number of nitrogens with zero attached hydrogens (tertiary/aromatic N) is 4. The lowest BCUT2D eigenvalue weighted by Crippen LogP contribution is -2.19. The Morgan fingerprint density at radius 3 is 2.76 bits per heavy atom. The highest BCUT2D eigenvalue weighted by Gasteiger charge is 2.10. The Labute approximate surface area is 151 Å². The Morgan fingerprint density at radius 2 is 2.08 bits per heavy atom. The fourth-order valence-electron chi connectivity index (χ4n) is 2.27. The number of carbonyl (C=O) groups excluding carboxylic acids is 1. The first-order valence-electron chi connectivity index (χ1n) is 7.33. The Morgan fingerprint density at radius 1 is 1.24 bits per heavy atom. The number of halogens is 1. The number of anilines is 1. The zero-order valence-electron chi connectivity index (χ0n) is 13.0. The maximum Gasteiger partial charge on any atom is 0.356 e. The summed E-state index contributed by atoms with van der Waals surface area (Å²) in [6, 6.07) is 8.78. The molecule has 2 heterocycles. The Kier molecular flexibility index (Phi) is 4.94. The number of nitrogens with one attached hydrogen (secondary N) is 1. The van der Waals surface area contributed by atoms with Crippen LogP contribution in [0.5, 0.6) is 0 Å². The second-order valence-corrected chi connectivity index (χ2v) is 6.22. The first kappa shape index (κ1) is 16.9. The molecule has 0 fully saturated rings. The number of carboxylic acid groups (broad SMARTS) is 1. The van der Waals surface area contributed by atoms with E-state index >= 15 is 0 Å². The summed E-state index contributed by atoms with van der Waals surface area (Å²) >= 11 is 3.35. The largest absolute Gasteiger partial charge is 0.476 e. The van der Waals surface area contributed by atoms with Crippen molar-refractivity contribution >= 4 is 33.5 Å². The normalized spacial score (nSPS) is 10.6. The van der Waals surface area contributed by atoms with E-state index < -0.39 is 5.97 Å². The monoisotopic (exact) mass is 403 g/mol. The van der Waals surface area contributed by atoms with Gasteiger partial charge in [-0.2, -0.15) is 10.2 Å². The summed E-state index contributed by atoms with van der Waals surface area (Å²) in [5.41, 5.74) is 1.54. The smallest absolute Gasteiger partial charge is 0.356 e. The number of amides is 1. The van der Waals surface area contributed by atoms with Gasteiger partial charge in [-0.05, 0) is 39.7 Å². The summed E-state index contributed by atoms with van der Waals surface area (Å²) in [6.45, 7) is 0.514. The van der Waals surface area contributed by atoms with E-state index in [9.17, 15) is 9.59 Å².